The van der Waals surface area contributed by atoms with Crippen LogP contribution in [-0.2, 0) is 16.4 Å². The van der Waals surface area contributed by atoms with Gasteiger partial charge in [-0.2, -0.15) is 5.21 Å². The summed E-state index contributed by atoms with van der Waals surface area (Å²) in [5, 5.41) is 14.2. The fourth-order valence-electron chi connectivity index (χ4n) is 4.47. The Hall–Kier alpha value is -3.76. The molecule has 2 heterocycles. The van der Waals surface area contributed by atoms with E-state index in [1.807, 2.05) is 13.0 Å². The lowest BCUT2D eigenvalue weighted by atomic mass is 10.0. The predicted molar refractivity (Wildman–Crippen MR) is 144 cm³/mol. The zero-order valence-electron chi connectivity index (χ0n) is 20.7. The number of aryl methyl sites for hydroxylation is 2. The molecule has 0 amide bonds. The van der Waals surface area contributed by atoms with Gasteiger partial charge in [-0.15, -0.1) is 10.2 Å². The molecule has 38 heavy (non-hydrogen) atoms. The summed E-state index contributed by atoms with van der Waals surface area (Å²) in [5.74, 6) is 0.528. The number of benzene rings is 3. The summed E-state index contributed by atoms with van der Waals surface area (Å²) in [6, 6.07) is 16.6. The lowest BCUT2D eigenvalue weighted by Gasteiger charge is -2.35. The Kier molecular flexibility index (Phi) is 7.18. The van der Waals surface area contributed by atoms with Gasteiger partial charge in [0.1, 0.15) is 17.7 Å². The monoisotopic (exact) mass is 553 g/mol. The lowest BCUT2D eigenvalue weighted by Crippen LogP contribution is -2.43. The number of rotatable bonds is 7. The summed E-state index contributed by atoms with van der Waals surface area (Å²) in [5.41, 5.74) is 2.83. The number of aromatic amines is 1. The molecule has 0 saturated carbocycles. The van der Waals surface area contributed by atoms with Crippen molar-refractivity contribution in [1.29, 1.82) is 0 Å². The third-order valence-electron chi connectivity index (χ3n) is 6.31. The van der Waals surface area contributed by atoms with Crippen LogP contribution in [-0.4, -0.2) is 41.7 Å². The van der Waals surface area contributed by atoms with Crippen molar-refractivity contribution in [3.8, 4) is 5.75 Å². The van der Waals surface area contributed by atoms with Gasteiger partial charge in [-0.25, -0.2) is 12.8 Å². The van der Waals surface area contributed by atoms with E-state index in [0.717, 1.165) is 5.56 Å². The molecular formula is C27H25ClFN5O3S. The number of tetrazole rings is 1. The molecule has 0 spiro atoms. The largest absolute Gasteiger partial charge is 0.486 e. The van der Waals surface area contributed by atoms with Crippen molar-refractivity contribution >= 4 is 39.0 Å². The predicted octanol–water partition coefficient (Wildman–Crippen LogP) is 5.45. The minimum absolute atomic E-state index is 0.104. The molecule has 0 radical (unpaired) electrons. The third kappa shape index (κ3) is 5.27. The number of H-pyrrole nitrogens is 1. The van der Waals surface area contributed by atoms with Gasteiger partial charge < -0.3 is 4.74 Å². The van der Waals surface area contributed by atoms with E-state index in [4.69, 9.17) is 16.3 Å². The van der Waals surface area contributed by atoms with Crippen LogP contribution < -0.4 is 9.04 Å². The molecule has 1 aliphatic rings. The standard InChI is InChI=1S/C27H25ClFN5O3S/c1-17-5-3-6-21(13-17)38(35,36)34-16-20(10-12-26-30-32-33-31-26)37-25-11-9-19(15-24(25)34)14-18(2)27-22(28)7-4-8-23(27)29/h3-9,11,13-15,20H,10,12,16H2,1-2H3,(H,30,31,32,33)/b18-14+/t20-/m0/s1. The van der Waals surface area contributed by atoms with Crippen LogP contribution in [0, 0.1) is 12.7 Å². The topological polar surface area (TPSA) is 101 Å². The number of hydrogen-bond donors (Lipinski definition) is 1. The van der Waals surface area contributed by atoms with Crippen LogP contribution in [0.4, 0.5) is 10.1 Å². The Morgan fingerprint density at radius 1 is 1.21 bits per heavy atom. The van der Waals surface area contributed by atoms with E-state index < -0.39 is 21.9 Å². The lowest BCUT2D eigenvalue weighted by molar-refractivity contribution is 0.189. The van der Waals surface area contributed by atoms with Crippen LogP contribution >= 0.6 is 11.6 Å². The fraction of sp³-hybridized carbons (Fsp3) is 0.222. The zero-order chi connectivity index (χ0) is 26.9. The Morgan fingerprint density at radius 2 is 2.03 bits per heavy atom. The highest BCUT2D eigenvalue weighted by Crippen LogP contribution is 2.39. The van der Waals surface area contributed by atoms with Gasteiger partial charge in [0.2, 0.25) is 0 Å². The average molecular weight is 554 g/mol. The molecule has 5 rings (SSSR count). The van der Waals surface area contributed by atoms with E-state index in [0.29, 0.717) is 51.8 Å². The van der Waals surface area contributed by atoms with Crippen molar-refractivity contribution < 1.29 is 17.5 Å². The van der Waals surface area contributed by atoms with E-state index in [1.165, 1.54) is 10.4 Å². The molecule has 11 heteroatoms. The number of nitrogens with one attached hydrogen (secondary N) is 1. The number of fused-ring (bicyclic) bond motifs is 1. The van der Waals surface area contributed by atoms with E-state index >= 15 is 0 Å². The van der Waals surface area contributed by atoms with Crippen molar-refractivity contribution in [3.63, 3.8) is 0 Å². The molecule has 8 nitrogen and oxygen atoms in total. The van der Waals surface area contributed by atoms with Crippen molar-refractivity contribution in [3.05, 3.63) is 94.0 Å². The Balaban J connectivity index is 1.54. The minimum Gasteiger partial charge on any atom is -0.486 e. The highest BCUT2D eigenvalue weighted by Gasteiger charge is 2.35. The molecule has 0 saturated heterocycles. The summed E-state index contributed by atoms with van der Waals surface area (Å²) in [6.07, 6.45) is 2.30. The molecule has 1 atom stereocenters. The summed E-state index contributed by atoms with van der Waals surface area (Å²) < 4.78 is 49.8. The van der Waals surface area contributed by atoms with E-state index in [9.17, 15) is 12.8 Å². The minimum atomic E-state index is -3.91. The Labute approximate surface area is 225 Å². The summed E-state index contributed by atoms with van der Waals surface area (Å²) in [6.45, 7) is 3.71. The van der Waals surface area contributed by atoms with Crippen LogP contribution in [0.3, 0.4) is 0 Å². The van der Waals surface area contributed by atoms with E-state index in [-0.39, 0.29) is 11.4 Å². The number of nitrogens with zero attached hydrogens (tertiary/aromatic N) is 4. The van der Waals surface area contributed by atoms with Gasteiger partial charge in [0.15, 0.2) is 5.82 Å². The normalized spacial score (nSPS) is 15.7. The molecule has 1 aromatic heterocycles. The molecule has 3 aromatic carbocycles. The molecule has 0 bridgehead atoms. The first-order chi connectivity index (χ1) is 18.2. The maximum Gasteiger partial charge on any atom is 0.264 e. The quantitative estimate of drug-likeness (QED) is 0.305. The third-order valence-corrected chi connectivity index (χ3v) is 8.40. The second-order valence-corrected chi connectivity index (χ2v) is 11.4. The number of hydrogen-bond acceptors (Lipinski definition) is 6. The molecular weight excluding hydrogens is 529 g/mol. The highest BCUT2D eigenvalue weighted by molar-refractivity contribution is 7.92. The second kappa shape index (κ2) is 10.5. The van der Waals surface area contributed by atoms with E-state index in [1.54, 1.807) is 61.5 Å². The number of aromatic nitrogens is 4. The van der Waals surface area contributed by atoms with Crippen LogP contribution in [0.15, 0.2) is 65.6 Å². The maximum atomic E-state index is 14.5. The highest BCUT2D eigenvalue weighted by atomic mass is 35.5. The average Bonchev–Trinajstić information content (AvgIpc) is 3.41. The number of sulfonamides is 1. The number of halogens is 2. The molecule has 0 fully saturated rings. The smallest absolute Gasteiger partial charge is 0.264 e. The van der Waals surface area contributed by atoms with Crippen LogP contribution in [0.1, 0.15) is 35.9 Å². The van der Waals surface area contributed by atoms with Gasteiger partial charge in [0, 0.05) is 12.0 Å². The fourth-order valence-corrected chi connectivity index (χ4v) is 6.39. The van der Waals surface area contributed by atoms with Crippen molar-refractivity contribution in [1.82, 2.24) is 20.6 Å². The Bertz CT molecular complexity index is 1590. The van der Waals surface area contributed by atoms with Gasteiger partial charge in [-0.3, -0.25) is 4.31 Å². The maximum absolute atomic E-state index is 14.5. The molecule has 0 unspecified atom stereocenters. The van der Waals surface area contributed by atoms with Gasteiger partial charge in [-0.1, -0.05) is 47.2 Å². The summed E-state index contributed by atoms with van der Waals surface area (Å²) >= 11 is 6.25. The van der Waals surface area contributed by atoms with Crippen molar-refractivity contribution in [2.45, 2.75) is 37.7 Å². The zero-order valence-corrected chi connectivity index (χ0v) is 22.3. The van der Waals surface area contributed by atoms with Gasteiger partial charge in [0.05, 0.1) is 22.2 Å². The Morgan fingerprint density at radius 3 is 2.76 bits per heavy atom. The summed E-state index contributed by atoms with van der Waals surface area (Å²) in [4.78, 5) is 0.192. The van der Waals surface area contributed by atoms with Crippen LogP contribution in [0.25, 0.3) is 11.6 Å². The second-order valence-electron chi connectivity index (χ2n) is 9.11. The van der Waals surface area contributed by atoms with Crippen LogP contribution in [0.5, 0.6) is 5.75 Å². The first-order valence-corrected chi connectivity index (χ1v) is 13.8. The molecule has 1 aliphatic heterocycles. The number of allylic oxidation sites excluding steroid dienone is 1. The molecule has 4 aromatic rings. The van der Waals surface area contributed by atoms with Crippen molar-refractivity contribution in [2.24, 2.45) is 0 Å². The number of ether oxygens (including phenoxy) is 1. The van der Waals surface area contributed by atoms with Crippen LogP contribution in [0.2, 0.25) is 5.02 Å². The van der Waals surface area contributed by atoms with Gasteiger partial charge in [0.25, 0.3) is 10.0 Å². The van der Waals surface area contributed by atoms with Gasteiger partial charge in [-0.05, 0) is 73.4 Å². The first kappa shape index (κ1) is 25.9. The van der Waals surface area contributed by atoms with Gasteiger partial charge >= 0.3 is 0 Å². The molecule has 196 valence electrons. The number of anilines is 1. The molecule has 1 N–H and O–H groups in total. The molecule has 0 aliphatic carbocycles. The first-order valence-electron chi connectivity index (χ1n) is 12.0. The van der Waals surface area contributed by atoms with E-state index in [2.05, 4.69) is 20.6 Å². The summed E-state index contributed by atoms with van der Waals surface area (Å²) in [7, 11) is -3.91. The van der Waals surface area contributed by atoms with Crippen molar-refractivity contribution in [2.75, 3.05) is 10.8 Å². The SMILES string of the molecule is C/C(=C\c1ccc2c(c1)N(S(=O)(=O)c1cccc(C)c1)C[C@H](CCc1nn[nH]n1)O2)c1c(F)cccc1Cl.